The topological polar surface area (TPSA) is 15.3 Å². The molecule has 2 heteroatoms. The molecule has 1 heterocycles. The van der Waals surface area contributed by atoms with Crippen LogP contribution in [-0.4, -0.2) is 36.6 Å². The molecule has 0 aromatic carbocycles. The lowest BCUT2D eigenvalue weighted by Crippen LogP contribution is -2.55. The van der Waals surface area contributed by atoms with Crippen molar-refractivity contribution in [1.29, 1.82) is 0 Å². The molecule has 0 radical (unpaired) electrons. The molecule has 0 amide bonds. The molecule has 0 aliphatic carbocycles. The predicted molar refractivity (Wildman–Crippen MR) is 85.7 cm³/mol. The summed E-state index contributed by atoms with van der Waals surface area (Å²) in [6.45, 7) is 13.1. The van der Waals surface area contributed by atoms with Gasteiger partial charge >= 0.3 is 0 Å². The van der Waals surface area contributed by atoms with Crippen molar-refractivity contribution in [2.75, 3.05) is 19.6 Å². The van der Waals surface area contributed by atoms with Crippen molar-refractivity contribution >= 4 is 0 Å². The SMILES string of the molecule is CCCCCCCCN1CC(C)NCC1CC(C)C. The van der Waals surface area contributed by atoms with E-state index >= 15 is 0 Å². The van der Waals surface area contributed by atoms with E-state index < -0.39 is 0 Å². The van der Waals surface area contributed by atoms with Crippen LogP contribution in [0.25, 0.3) is 0 Å². The molecule has 114 valence electrons. The van der Waals surface area contributed by atoms with Gasteiger partial charge in [-0.3, -0.25) is 4.90 Å². The van der Waals surface area contributed by atoms with Gasteiger partial charge in [-0.2, -0.15) is 0 Å². The van der Waals surface area contributed by atoms with Crippen molar-refractivity contribution in [1.82, 2.24) is 10.2 Å². The van der Waals surface area contributed by atoms with Gasteiger partial charge < -0.3 is 5.32 Å². The Balaban J connectivity index is 2.22. The van der Waals surface area contributed by atoms with Crippen molar-refractivity contribution < 1.29 is 0 Å². The van der Waals surface area contributed by atoms with E-state index in [1.54, 1.807) is 0 Å². The first-order valence-corrected chi connectivity index (χ1v) is 8.61. The quantitative estimate of drug-likeness (QED) is 0.635. The van der Waals surface area contributed by atoms with Gasteiger partial charge in [-0.15, -0.1) is 0 Å². The summed E-state index contributed by atoms with van der Waals surface area (Å²) in [6, 6.07) is 1.44. The Morgan fingerprint density at radius 1 is 1.11 bits per heavy atom. The van der Waals surface area contributed by atoms with Gasteiger partial charge in [0, 0.05) is 25.2 Å². The summed E-state index contributed by atoms with van der Waals surface area (Å²) < 4.78 is 0. The third-order valence-electron chi connectivity index (χ3n) is 4.27. The van der Waals surface area contributed by atoms with Gasteiger partial charge in [0.15, 0.2) is 0 Å². The maximum Gasteiger partial charge on any atom is 0.0223 e. The number of rotatable bonds is 9. The summed E-state index contributed by atoms with van der Waals surface area (Å²) >= 11 is 0. The summed E-state index contributed by atoms with van der Waals surface area (Å²) in [5, 5.41) is 3.64. The van der Waals surface area contributed by atoms with Crippen molar-refractivity contribution in [2.45, 2.75) is 84.7 Å². The van der Waals surface area contributed by atoms with E-state index in [0.29, 0.717) is 6.04 Å². The molecule has 1 saturated heterocycles. The van der Waals surface area contributed by atoms with Crippen molar-refractivity contribution in [3.05, 3.63) is 0 Å². The van der Waals surface area contributed by atoms with Gasteiger partial charge in [-0.1, -0.05) is 52.9 Å². The highest BCUT2D eigenvalue weighted by Crippen LogP contribution is 2.16. The fraction of sp³-hybridized carbons (Fsp3) is 1.00. The molecular weight excluding hydrogens is 232 g/mol. The van der Waals surface area contributed by atoms with Gasteiger partial charge in [0.2, 0.25) is 0 Å². The Kier molecular flexibility index (Phi) is 8.72. The second kappa shape index (κ2) is 9.77. The van der Waals surface area contributed by atoms with Crippen LogP contribution in [0.1, 0.15) is 72.6 Å². The second-order valence-corrected chi connectivity index (χ2v) is 6.86. The minimum Gasteiger partial charge on any atom is -0.311 e. The average molecular weight is 268 g/mol. The molecule has 1 fully saturated rings. The molecule has 0 bridgehead atoms. The van der Waals surface area contributed by atoms with Crippen LogP contribution in [0.4, 0.5) is 0 Å². The lowest BCUT2D eigenvalue weighted by Gasteiger charge is -2.40. The van der Waals surface area contributed by atoms with E-state index in [1.165, 1.54) is 64.6 Å². The van der Waals surface area contributed by atoms with E-state index in [2.05, 4.69) is 37.9 Å². The third kappa shape index (κ3) is 7.31. The Labute approximate surface area is 121 Å². The fourth-order valence-corrected chi connectivity index (χ4v) is 3.18. The van der Waals surface area contributed by atoms with Crippen LogP contribution in [0.15, 0.2) is 0 Å². The molecule has 1 aliphatic rings. The lowest BCUT2D eigenvalue weighted by atomic mass is 9.99. The molecule has 0 spiro atoms. The van der Waals surface area contributed by atoms with E-state index in [9.17, 15) is 0 Å². The monoisotopic (exact) mass is 268 g/mol. The smallest absolute Gasteiger partial charge is 0.0223 e. The number of nitrogens with zero attached hydrogens (tertiary/aromatic N) is 1. The third-order valence-corrected chi connectivity index (χ3v) is 4.27. The van der Waals surface area contributed by atoms with E-state index in [-0.39, 0.29) is 0 Å². The largest absolute Gasteiger partial charge is 0.311 e. The van der Waals surface area contributed by atoms with Crippen LogP contribution >= 0.6 is 0 Å². The Bertz CT molecular complexity index is 215. The van der Waals surface area contributed by atoms with Gasteiger partial charge in [-0.25, -0.2) is 0 Å². The van der Waals surface area contributed by atoms with Gasteiger partial charge in [0.1, 0.15) is 0 Å². The molecule has 1 aliphatic heterocycles. The van der Waals surface area contributed by atoms with Crippen molar-refractivity contribution in [2.24, 2.45) is 5.92 Å². The molecule has 0 saturated carbocycles. The first-order chi connectivity index (χ1) is 9.13. The zero-order valence-electron chi connectivity index (χ0n) is 13.8. The molecule has 0 aromatic rings. The maximum atomic E-state index is 3.64. The van der Waals surface area contributed by atoms with Gasteiger partial charge in [-0.05, 0) is 32.2 Å². The number of hydrogen-bond donors (Lipinski definition) is 1. The number of unbranched alkanes of at least 4 members (excludes halogenated alkanes) is 5. The summed E-state index contributed by atoms with van der Waals surface area (Å²) in [4.78, 5) is 2.75. The summed E-state index contributed by atoms with van der Waals surface area (Å²) in [6.07, 6.45) is 9.80. The van der Waals surface area contributed by atoms with E-state index in [4.69, 9.17) is 0 Å². The average Bonchev–Trinajstić information content (AvgIpc) is 2.36. The number of piperazine rings is 1. The fourth-order valence-electron chi connectivity index (χ4n) is 3.18. The second-order valence-electron chi connectivity index (χ2n) is 6.86. The normalized spacial score (nSPS) is 25.1. The molecule has 1 N–H and O–H groups in total. The highest BCUT2D eigenvalue weighted by atomic mass is 15.2. The minimum absolute atomic E-state index is 0.670. The van der Waals surface area contributed by atoms with Gasteiger partial charge in [0.25, 0.3) is 0 Å². The number of nitrogens with one attached hydrogen (secondary N) is 1. The maximum absolute atomic E-state index is 3.64. The van der Waals surface area contributed by atoms with Crippen LogP contribution in [0.2, 0.25) is 0 Å². The number of hydrogen-bond acceptors (Lipinski definition) is 2. The molecule has 0 aromatic heterocycles. The Morgan fingerprint density at radius 2 is 1.79 bits per heavy atom. The van der Waals surface area contributed by atoms with Crippen molar-refractivity contribution in [3.8, 4) is 0 Å². The Morgan fingerprint density at radius 3 is 2.47 bits per heavy atom. The van der Waals surface area contributed by atoms with E-state index in [0.717, 1.165) is 12.0 Å². The summed E-state index contributed by atoms with van der Waals surface area (Å²) in [5.41, 5.74) is 0. The summed E-state index contributed by atoms with van der Waals surface area (Å²) in [7, 11) is 0. The first-order valence-electron chi connectivity index (χ1n) is 8.61. The predicted octanol–water partition coefficient (Wildman–Crippen LogP) is 4.06. The zero-order valence-corrected chi connectivity index (χ0v) is 13.8. The van der Waals surface area contributed by atoms with Crippen LogP contribution < -0.4 is 5.32 Å². The molecule has 2 nitrogen and oxygen atoms in total. The highest BCUT2D eigenvalue weighted by Gasteiger charge is 2.25. The molecule has 1 rings (SSSR count). The van der Waals surface area contributed by atoms with Crippen LogP contribution in [0, 0.1) is 5.92 Å². The zero-order chi connectivity index (χ0) is 14.1. The van der Waals surface area contributed by atoms with E-state index in [1.807, 2.05) is 0 Å². The molecule has 2 atom stereocenters. The van der Waals surface area contributed by atoms with Crippen LogP contribution in [0.3, 0.4) is 0 Å². The highest BCUT2D eigenvalue weighted by molar-refractivity contribution is 4.84. The van der Waals surface area contributed by atoms with Crippen LogP contribution in [-0.2, 0) is 0 Å². The minimum atomic E-state index is 0.670. The van der Waals surface area contributed by atoms with Gasteiger partial charge in [0.05, 0.1) is 0 Å². The summed E-state index contributed by atoms with van der Waals surface area (Å²) in [5.74, 6) is 0.812. The Hall–Kier alpha value is -0.0800. The lowest BCUT2D eigenvalue weighted by molar-refractivity contribution is 0.116. The molecule has 2 unspecified atom stereocenters. The first kappa shape index (κ1) is 17.0. The van der Waals surface area contributed by atoms with Crippen molar-refractivity contribution in [3.63, 3.8) is 0 Å². The van der Waals surface area contributed by atoms with Crippen LogP contribution in [0.5, 0.6) is 0 Å². The molecule has 19 heavy (non-hydrogen) atoms. The standard InChI is InChI=1S/C17H36N2/c1-5-6-7-8-9-10-11-19-14-16(4)18-13-17(19)12-15(2)3/h15-18H,5-14H2,1-4H3. The molecular formula is C17H36N2.